The maximum absolute atomic E-state index is 11.2. The fraction of sp³-hybridized carbons (Fsp3) is 0.318. The van der Waals surface area contributed by atoms with Crippen molar-refractivity contribution in [2.75, 3.05) is 33.4 Å². The summed E-state index contributed by atoms with van der Waals surface area (Å²) in [4.78, 5) is 13.6. The van der Waals surface area contributed by atoms with Crippen LogP contribution >= 0.6 is 0 Å². The van der Waals surface area contributed by atoms with Crippen molar-refractivity contribution in [2.45, 2.75) is 13.0 Å². The van der Waals surface area contributed by atoms with Crippen LogP contribution in [0.4, 0.5) is 0 Å². The van der Waals surface area contributed by atoms with Crippen molar-refractivity contribution < 1.29 is 23.8 Å². The van der Waals surface area contributed by atoms with Crippen LogP contribution in [-0.4, -0.2) is 49.4 Å². The lowest BCUT2D eigenvalue weighted by Gasteiger charge is -2.32. The lowest BCUT2D eigenvalue weighted by atomic mass is 9.99. The van der Waals surface area contributed by atoms with Gasteiger partial charge in [0.2, 0.25) is 5.76 Å². The second-order valence-electron chi connectivity index (χ2n) is 6.96. The molecule has 0 aliphatic carbocycles. The van der Waals surface area contributed by atoms with Gasteiger partial charge in [-0.25, -0.2) is 4.79 Å². The zero-order chi connectivity index (χ0) is 19.7. The number of fused-ring (bicyclic) bond motifs is 1. The van der Waals surface area contributed by atoms with Gasteiger partial charge in [-0.1, -0.05) is 24.3 Å². The molecule has 28 heavy (non-hydrogen) atoms. The maximum Gasteiger partial charge on any atom is 0.371 e. The minimum absolute atomic E-state index is 0.0971. The highest BCUT2D eigenvalue weighted by Gasteiger charge is 2.19. The molecular weight excluding hydrogens is 358 g/mol. The molecule has 1 atom stereocenters. The summed E-state index contributed by atoms with van der Waals surface area (Å²) in [5, 5.41) is 9.89. The van der Waals surface area contributed by atoms with Crippen LogP contribution in [0.25, 0.3) is 22.1 Å². The first-order chi connectivity index (χ1) is 13.6. The Hall–Kier alpha value is -2.83. The van der Waals surface area contributed by atoms with E-state index in [1.807, 2.05) is 12.1 Å². The third-order valence-corrected chi connectivity index (χ3v) is 5.33. The largest absolute Gasteiger partial charge is 0.493 e. The number of carbonyl (C=O) groups is 1. The molecule has 1 N–H and O–H groups in total. The molecule has 6 heteroatoms. The van der Waals surface area contributed by atoms with E-state index in [0.29, 0.717) is 22.8 Å². The molecule has 0 bridgehead atoms. The number of nitrogens with zero attached hydrogens (tertiary/aromatic N) is 1. The van der Waals surface area contributed by atoms with E-state index >= 15 is 0 Å². The smallest absolute Gasteiger partial charge is 0.371 e. The Morgan fingerprint density at radius 3 is 2.46 bits per heavy atom. The predicted octanol–water partition coefficient (Wildman–Crippen LogP) is 4.20. The molecule has 1 fully saturated rings. The Kier molecular flexibility index (Phi) is 5.07. The first-order valence-corrected chi connectivity index (χ1v) is 9.34. The Bertz CT molecular complexity index is 986. The summed E-state index contributed by atoms with van der Waals surface area (Å²) in [7, 11) is 1.55. The standard InChI is InChI=1S/C22H23NO5/c1-14(23-7-9-27-10-8-23)15-3-5-16(6-4-15)17-11-18-13-20(22(24)25)28-21(18)19(12-17)26-2/h3-6,11-14H,7-10H2,1-2H3,(H,24,25)/t14-/m1/s1. The average Bonchev–Trinajstić information content (AvgIpc) is 3.18. The van der Waals surface area contributed by atoms with Crippen molar-refractivity contribution in [3.63, 3.8) is 0 Å². The van der Waals surface area contributed by atoms with Gasteiger partial charge in [0.15, 0.2) is 11.3 Å². The number of morpholine rings is 1. The number of carboxylic acid groups (broad SMARTS) is 1. The molecule has 146 valence electrons. The Balaban J connectivity index is 1.65. The third kappa shape index (κ3) is 3.48. The van der Waals surface area contributed by atoms with Crippen molar-refractivity contribution in [3.05, 3.63) is 53.8 Å². The molecule has 2 aromatic carbocycles. The molecule has 1 aliphatic heterocycles. The van der Waals surface area contributed by atoms with E-state index in [1.165, 1.54) is 11.6 Å². The van der Waals surface area contributed by atoms with Gasteiger partial charge in [-0.2, -0.15) is 0 Å². The topological polar surface area (TPSA) is 72.1 Å². The van der Waals surface area contributed by atoms with Crippen LogP contribution in [0.3, 0.4) is 0 Å². The van der Waals surface area contributed by atoms with Gasteiger partial charge in [0.25, 0.3) is 0 Å². The van der Waals surface area contributed by atoms with Crippen molar-refractivity contribution in [2.24, 2.45) is 0 Å². The Morgan fingerprint density at radius 1 is 1.11 bits per heavy atom. The summed E-state index contributed by atoms with van der Waals surface area (Å²) >= 11 is 0. The van der Waals surface area contributed by atoms with E-state index in [9.17, 15) is 9.90 Å². The number of furan rings is 1. The van der Waals surface area contributed by atoms with Crippen molar-refractivity contribution in [3.8, 4) is 16.9 Å². The first kappa shape index (κ1) is 18.5. The van der Waals surface area contributed by atoms with Gasteiger partial charge >= 0.3 is 5.97 Å². The highest BCUT2D eigenvalue weighted by Crippen LogP contribution is 2.35. The molecule has 0 radical (unpaired) electrons. The van der Waals surface area contributed by atoms with E-state index in [-0.39, 0.29) is 5.76 Å². The molecule has 0 spiro atoms. The monoisotopic (exact) mass is 381 g/mol. The highest BCUT2D eigenvalue weighted by atomic mass is 16.5. The van der Waals surface area contributed by atoms with Gasteiger partial charge in [-0.3, -0.25) is 4.90 Å². The van der Waals surface area contributed by atoms with Crippen LogP contribution in [-0.2, 0) is 4.74 Å². The first-order valence-electron chi connectivity index (χ1n) is 9.34. The summed E-state index contributed by atoms with van der Waals surface area (Å²) in [5.74, 6) is -0.674. The van der Waals surface area contributed by atoms with Gasteiger partial charge in [0.05, 0.1) is 20.3 Å². The number of rotatable bonds is 5. The SMILES string of the molecule is COc1cc(-c2ccc([C@@H](C)N3CCOCC3)cc2)cc2cc(C(=O)O)oc12. The van der Waals surface area contributed by atoms with Gasteiger partial charge in [0.1, 0.15) is 0 Å². The minimum atomic E-state index is -1.10. The molecule has 0 amide bonds. The molecule has 1 aromatic heterocycles. The van der Waals surface area contributed by atoms with Crippen molar-refractivity contribution in [1.82, 2.24) is 4.90 Å². The van der Waals surface area contributed by atoms with E-state index in [0.717, 1.165) is 37.4 Å². The number of hydrogen-bond acceptors (Lipinski definition) is 5. The average molecular weight is 381 g/mol. The normalized spacial score (nSPS) is 16.2. The second kappa shape index (κ2) is 7.66. The number of ether oxygens (including phenoxy) is 2. The lowest BCUT2D eigenvalue weighted by molar-refractivity contribution is 0.0198. The van der Waals surface area contributed by atoms with E-state index in [2.05, 4.69) is 36.1 Å². The van der Waals surface area contributed by atoms with Crippen LogP contribution in [0.15, 0.2) is 46.9 Å². The molecule has 1 saturated heterocycles. The minimum Gasteiger partial charge on any atom is -0.493 e. The van der Waals surface area contributed by atoms with Crippen LogP contribution in [0.2, 0.25) is 0 Å². The van der Waals surface area contributed by atoms with Gasteiger partial charge < -0.3 is 19.0 Å². The zero-order valence-corrected chi connectivity index (χ0v) is 16.0. The molecular formula is C22H23NO5. The molecule has 0 saturated carbocycles. The molecule has 4 rings (SSSR count). The Labute approximate surface area is 163 Å². The van der Waals surface area contributed by atoms with Crippen molar-refractivity contribution >= 4 is 16.9 Å². The molecule has 0 unspecified atom stereocenters. The maximum atomic E-state index is 11.2. The Morgan fingerprint density at radius 2 is 1.82 bits per heavy atom. The predicted molar refractivity (Wildman–Crippen MR) is 106 cm³/mol. The summed E-state index contributed by atoms with van der Waals surface area (Å²) in [6, 6.07) is 14.1. The number of benzene rings is 2. The zero-order valence-electron chi connectivity index (χ0n) is 16.0. The van der Waals surface area contributed by atoms with E-state index in [4.69, 9.17) is 13.9 Å². The van der Waals surface area contributed by atoms with E-state index in [1.54, 1.807) is 7.11 Å². The highest BCUT2D eigenvalue weighted by molar-refractivity contribution is 5.95. The van der Waals surface area contributed by atoms with E-state index < -0.39 is 5.97 Å². The molecule has 6 nitrogen and oxygen atoms in total. The molecule has 2 heterocycles. The van der Waals surface area contributed by atoms with Crippen LogP contribution < -0.4 is 4.74 Å². The summed E-state index contributed by atoms with van der Waals surface area (Å²) in [6.07, 6.45) is 0. The molecule has 1 aliphatic rings. The second-order valence-corrected chi connectivity index (χ2v) is 6.96. The summed E-state index contributed by atoms with van der Waals surface area (Å²) in [6.45, 7) is 5.68. The van der Waals surface area contributed by atoms with Crippen molar-refractivity contribution in [1.29, 1.82) is 0 Å². The third-order valence-electron chi connectivity index (χ3n) is 5.33. The quantitative estimate of drug-likeness (QED) is 0.714. The van der Waals surface area contributed by atoms with Crippen LogP contribution in [0.1, 0.15) is 29.1 Å². The molecule has 3 aromatic rings. The van der Waals surface area contributed by atoms with Crippen LogP contribution in [0.5, 0.6) is 5.75 Å². The van der Waals surface area contributed by atoms with Crippen LogP contribution in [0, 0.1) is 0 Å². The fourth-order valence-corrected chi connectivity index (χ4v) is 3.67. The van der Waals surface area contributed by atoms with Gasteiger partial charge in [-0.05, 0) is 41.8 Å². The number of hydrogen-bond donors (Lipinski definition) is 1. The van der Waals surface area contributed by atoms with Gasteiger partial charge in [0, 0.05) is 24.5 Å². The summed E-state index contributed by atoms with van der Waals surface area (Å²) in [5.41, 5.74) is 3.69. The fourth-order valence-electron chi connectivity index (χ4n) is 3.67. The number of carboxylic acids is 1. The van der Waals surface area contributed by atoms with Gasteiger partial charge in [-0.15, -0.1) is 0 Å². The number of aromatic carboxylic acids is 1. The summed E-state index contributed by atoms with van der Waals surface area (Å²) < 4.78 is 16.3. The number of methoxy groups -OCH3 is 1. The lowest BCUT2D eigenvalue weighted by Crippen LogP contribution is -2.37.